The van der Waals surface area contributed by atoms with E-state index in [0.717, 1.165) is 49.0 Å². The summed E-state index contributed by atoms with van der Waals surface area (Å²) in [6, 6.07) is 13.1. The molecule has 0 unspecified atom stereocenters. The Hall–Kier alpha value is -2.15. The highest BCUT2D eigenvalue weighted by Crippen LogP contribution is 2.19. The van der Waals surface area contributed by atoms with Gasteiger partial charge in [-0.1, -0.05) is 6.07 Å². The average Bonchev–Trinajstić information content (AvgIpc) is 3.01. The van der Waals surface area contributed by atoms with Crippen LogP contribution in [0.5, 0.6) is 0 Å². The third kappa shape index (κ3) is 3.33. The third-order valence-electron chi connectivity index (χ3n) is 4.43. The van der Waals surface area contributed by atoms with Gasteiger partial charge in [0, 0.05) is 36.3 Å². The number of carbonyl (C=O) groups excluding carboxylic acids is 1. The molecule has 25 heavy (non-hydrogen) atoms. The van der Waals surface area contributed by atoms with Crippen molar-refractivity contribution in [2.24, 2.45) is 0 Å². The minimum absolute atomic E-state index is 0.0808. The van der Waals surface area contributed by atoms with Crippen molar-refractivity contribution in [1.82, 2.24) is 14.3 Å². The molecule has 0 aliphatic carbocycles. The molecular formula is C19H19N3O2S. The third-order valence-corrected chi connectivity index (χ3v) is 4.73. The number of benzene rings is 1. The van der Waals surface area contributed by atoms with Crippen LogP contribution in [0.2, 0.25) is 0 Å². The molecule has 128 valence electrons. The highest BCUT2D eigenvalue weighted by atomic mass is 32.1. The second-order valence-electron chi connectivity index (χ2n) is 6.10. The van der Waals surface area contributed by atoms with E-state index in [9.17, 15) is 4.79 Å². The maximum absolute atomic E-state index is 12.9. The molecule has 0 atom stereocenters. The summed E-state index contributed by atoms with van der Waals surface area (Å²) < 4.78 is 7.29. The van der Waals surface area contributed by atoms with E-state index in [2.05, 4.69) is 17.5 Å². The van der Waals surface area contributed by atoms with Crippen LogP contribution in [0, 0.1) is 0 Å². The summed E-state index contributed by atoms with van der Waals surface area (Å²) in [6.45, 7) is 3.98. The first-order valence-corrected chi connectivity index (χ1v) is 8.77. The van der Waals surface area contributed by atoms with Crippen LogP contribution < -0.4 is 0 Å². The summed E-state index contributed by atoms with van der Waals surface area (Å²) in [4.78, 5) is 20.8. The van der Waals surface area contributed by atoms with E-state index in [1.165, 1.54) is 0 Å². The van der Waals surface area contributed by atoms with E-state index in [4.69, 9.17) is 9.72 Å². The molecule has 1 aliphatic rings. The normalized spacial score (nSPS) is 15.6. The van der Waals surface area contributed by atoms with E-state index in [1.54, 1.807) is 12.1 Å². The van der Waals surface area contributed by atoms with E-state index in [0.29, 0.717) is 11.4 Å². The van der Waals surface area contributed by atoms with Crippen molar-refractivity contribution in [2.45, 2.75) is 11.4 Å². The van der Waals surface area contributed by atoms with Crippen LogP contribution in [-0.2, 0) is 11.3 Å². The minimum Gasteiger partial charge on any atom is -0.379 e. The van der Waals surface area contributed by atoms with Gasteiger partial charge in [-0.3, -0.25) is 14.1 Å². The van der Waals surface area contributed by atoms with Crippen molar-refractivity contribution in [2.75, 3.05) is 26.3 Å². The molecule has 3 aromatic rings. The number of pyridine rings is 1. The zero-order chi connectivity index (χ0) is 17.2. The highest BCUT2D eigenvalue weighted by Gasteiger charge is 2.20. The first-order valence-electron chi connectivity index (χ1n) is 8.32. The van der Waals surface area contributed by atoms with Crippen LogP contribution in [-0.4, -0.2) is 46.4 Å². The smallest absolute Gasteiger partial charge is 0.228 e. The molecule has 3 heterocycles. The summed E-state index contributed by atoms with van der Waals surface area (Å²) in [5.41, 5.74) is 2.52. The molecule has 0 bridgehead atoms. The Morgan fingerprint density at radius 1 is 1.12 bits per heavy atom. The number of hydrogen-bond donors (Lipinski definition) is 1. The number of ether oxygens (including phenoxy) is 1. The van der Waals surface area contributed by atoms with E-state index < -0.39 is 0 Å². The van der Waals surface area contributed by atoms with Crippen LogP contribution in [0.25, 0.3) is 5.52 Å². The van der Waals surface area contributed by atoms with Gasteiger partial charge in [0.05, 0.1) is 24.4 Å². The molecule has 1 aliphatic heterocycles. The van der Waals surface area contributed by atoms with Gasteiger partial charge in [0.25, 0.3) is 0 Å². The number of hydrogen-bond acceptors (Lipinski definition) is 5. The van der Waals surface area contributed by atoms with Gasteiger partial charge in [0.2, 0.25) is 5.78 Å². The molecule has 1 fully saturated rings. The molecule has 6 heteroatoms. The number of rotatable bonds is 4. The molecule has 1 saturated heterocycles. The first-order chi connectivity index (χ1) is 12.2. The van der Waals surface area contributed by atoms with E-state index in [1.807, 2.05) is 40.9 Å². The topological polar surface area (TPSA) is 46.8 Å². The van der Waals surface area contributed by atoms with Crippen molar-refractivity contribution in [1.29, 1.82) is 0 Å². The van der Waals surface area contributed by atoms with Crippen molar-refractivity contribution in [3.05, 3.63) is 65.7 Å². The number of ketones is 1. The van der Waals surface area contributed by atoms with Crippen LogP contribution >= 0.6 is 12.6 Å². The predicted octanol–water partition coefficient (Wildman–Crippen LogP) is 2.69. The van der Waals surface area contributed by atoms with Crippen LogP contribution in [0.1, 0.15) is 21.9 Å². The lowest BCUT2D eigenvalue weighted by atomic mass is 10.1. The quantitative estimate of drug-likeness (QED) is 0.579. The largest absolute Gasteiger partial charge is 0.379 e. The number of aromatic nitrogens is 2. The van der Waals surface area contributed by atoms with Crippen LogP contribution in [0.3, 0.4) is 0 Å². The highest BCUT2D eigenvalue weighted by molar-refractivity contribution is 7.80. The Morgan fingerprint density at radius 2 is 1.88 bits per heavy atom. The molecule has 0 spiro atoms. The van der Waals surface area contributed by atoms with Crippen molar-refractivity contribution in [3.63, 3.8) is 0 Å². The first kappa shape index (κ1) is 16.3. The lowest BCUT2D eigenvalue weighted by molar-refractivity contribution is 0.0338. The summed E-state index contributed by atoms with van der Waals surface area (Å²) in [5.74, 6) is 0.369. The summed E-state index contributed by atoms with van der Waals surface area (Å²) >= 11 is 4.28. The SMILES string of the molecule is O=C(c1ccc(S)cc1)c1nc(CN2CCOCC2)c2ccccn12. The van der Waals surface area contributed by atoms with E-state index >= 15 is 0 Å². The molecule has 0 amide bonds. The lowest BCUT2D eigenvalue weighted by Gasteiger charge is -2.25. The van der Waals surface area contributed by atoms with Gasteiger partial charge < -0.3 is 4.74 Å². The van der Waals surface area contributed by atoms with Gasteiger partial charge >= 0.3 is 0 Å². The molecule has 1 aromatic carbocycles. The molecule has 5 nitrogen and oxygen atoms in total. The standard InChI is InChI=1S/C19H19N3O2S/c23-18(14-4-6-15(25)7-5-14)19-20-16(13-21-9-11-24-12-10-21)17-3-1-2-8-22(17)19/h1-8,25H,9-13H2. The fourth-order valence-electron chi connectivity index (χ4n) is 3.09. The Morgan fingerprint density at radius 3 is 2.64 bits per heavy atom. The van der Waals surface area contributed by atoms with Crippen molar-refractivity contribution >= 4 is 23.9 Å². The zero-order valence-electron chi connectivity index (χ0n) is 13.8. The number of fused-ring (bicyclic) bond motifs is 1. The van der Waals surface area contributed by atoms with Gasteiger partial charge in [-0.25, -0.2) is 4.98 Å². The molecular weight excluding hydrogens is 334 g/mol. The number of thiol groups is 1. The van der Waals surface area contributed by atoms with Crippen LogP contribution in [0.4, 0.5) is 0 Å². The minimum atomic E-state index is -0.0808. The average molecular weight is 353 g/mol. The maximum atomic E-state index is 12.9. The summed E-state index contributed by atoms with van der Waals surface area (Å²) in [6.07, 6.45) is 1.89. The second-order valence-corrected chi connectivity index (χ2v) is 6.62. The number of carbonyl (C=O) groups is 1. The monoisotopic (exact) mass is 353 g/mol. The van der Waals surface area contributed by atoms with Crippen molar-refractivity contribution < 1.29 is 9.53 Å². The molecule has 2 aromatic heterocycles. The second kappa shape index (κ2) is 7.00. The van der Waals surface area contributed by atoms with Gasteiger partial charge in [0.1, 0.15) is 0 Å². The van der Waals surface area contributed by atoms with Crippen LogP contribution in [0.15, 0.2) is 53.6 Å². The van der Waals surface area contributed by atoms with Gasteiger partial charge in [-0.15, -0.1) is 12.6 Å². The number of nitrogens with zero attached hydrogens (tertiary/aromatic N) is 3. The Kier molecular flexibility index (Phi) is 4.57. The zero-order valence-corrected chi connectivity index (χ0v) is 14.7. The lowest BCUT2D eigenvalue weighted by Crippen LogP contribution is -2.35. The maximum Gasteiger partial charge on any atom is 0.228 e. The van der Waals surface area contributed by atoms with Gasteiger partial charge in [-0.2, -0.15) is 0 Å². The fourth-order valence-corrected chi connectivity index (χ4v) is 3.24. The van der Waals surface area contributed by atoms with Gasteiger partial charge in [-0.05, 0) is 36.4 Å². The summed E-state index contributed by atoms with van der Waals surface area (Å²) in [7, 11) is 0. The van der Waals surface area contributed by atoms with Gasteiger partial charge in [0.15, 0.2) is 5.82 Å². The summed E-state index contributed by atoms with van der Waals surface area (Å²) in [5, 5.41) is 0. The molecule has 0 N–H and O–H groups in total. The van der Waals surface area contributed by atoms with Crippen molar-refractivity contribution in [3.8, 4) is 0 Å². The van der Waals surface area contributed by atoms with E-state index in [-0.39, 0.29) is 5.78 Å². The Balaban J connectivity index is 1.71. The fraction of sp³-hybridized carbons (Fsp3) is 0.263. The molecule has 0 radical (unpaired) electrons. The number of morpholine rings is 1. The Labute approximate surface area is 151 Å². The molecule has 0 saturated carbocycles. The molecule has 4 rings (SSSR count). The Bertz CT molecular complexity index is 899. The number of imidazole rings is 1. The predicted molar refractivity (Wildman–Crippen MR) is 98.4 cm³/mol.